The highest BCUT2D eigenvalue weighted by Crippen LogP contribution is 2.41. The quantitative estimate of drug-likeness (QED) is 0.153. The van der Waals surface area contributed by atoms with Gasteiger partial charge in [-0.15, -0.1) is 0 Å². The highest BCUT2D eigenvalue weighted by Gasteiger charge is 2.19. The van der Waals surface area contributed by atoms with E-state index >= 15 is 0 Å². The van der Waals surface area contributed by atoms with Gasteiger partial charge in [-0.3, -0.25) is 0 Å². The van der Waals surface area contributed by atoms with Crippen molar-refractivity contribution in [2.45, 2.75) is 0 Å². The average molecular weight is 869 g/mol. The third-order valence-electron chi connectivity index (χ3n) is 13.0. The molecule has 0 N–H and O–H groups in total. The zero-order valence-corrected chi connectivity index (χ0v) is 36.8. The monoisotopic (exact) mass is 868 g/mol. The van der Waals surface area contributed by atoms with E-state index in [2.05, 4.69) is 235 Å². The molecule has 3 heterocycles. The fraction of sp³-hybridized carbons (Fsp3) is 0. The van der Waals surface area contributed by atoms with Gasteiger partial charge in [0.15, 0.2) is 17.5 Å². The minimum absolute atomic E-state index is 0.567. The van der Waals surface area contributed by atoms with Gasteiger partial charge in [-0.1, -0.05) is 194 Å². The molecule has 0 aliphatic heterocycles. The molecule has 68 heavy (non-hydrogen) atoms. The summed E-state index contributed by atoms with van der Waals surface area (Å²) in [5.74, 6) is 1.76. The summed E-state index contributed by atoms with van der Waals surface area (Å²) in [7, 11) is 0. The van der Waals surface area contributed by atoms with E-state index in [-0.39, 0.29) is 0 Å². The fourth-order valence-corrected chi connectivity index (χ4v) is 9.72. The number of benzene rings is 10. The van der Waals surface area contributed by atoms with Crippen molar-refractivity contribution in [3.63, 3.8) is 0 Å². The van der Waals surface area contributed by atoms with Crippen molar-refractivity contribution in [2.24, 2.45) is 0 Å². The Bertz CT molecular complexity index is 3910. The Morgan fingerprint density at radius 1 is 0.279 bits per heavy atom. The molecule has 5 heteroatoms. The average Bonchev–Trinajstić information content (AvgIpc) is 3.96. The summed E-state index contributed by atoms with van der Waals surface area (Å²) in [4.78, 5) is 15.5. The Labute approximate surface area is 392 Å². The van der Waals surface area contributed by atoms with Gasteiger partial charge in [0.1, 0.15) is 11.2 Å². The van der Waals surface area contributed by atoms with Gasteiger partial charge in [-0.25, -0.2) is 15.0 Å². The van der Waals surface area contributed by atoms with Gasteiger partial charge in [-0.2, -0.15) is 0 Å². The van der Waals surface area contributed by atoms with Gasteiger partial charge in [-0.05, 0) is 87.5 Å². The second-order valence-corrected chi connectivity index (χ2v) is 17.2. The van der Waals surface area contributed by atoms with Crippen LogP contribution in [-0.2, 0) is 0 Å². The lowest BCUT2D eigenvalue weighted by molar-refractivity contribution is 0.670. The fourth-order valence-electron chi connectivity index (χ4n) is 9.72. The number of aromatic nitrogens is 4. The number of para-hydroxylation sites is 2. The predicted molar refractivity (Wildman–Crippen MR) is 279 cm³/mol. The smallest absolute Gasteiger partial charge is 0.164 e. The van der Waals surface area contributed by atoms with Gasteiger partial charge in [0.05, 0.1) is 11.0 Å². The van der Waals surface area contributed by atoms with Crippen molar-refractivity contribution in [3.05, 3.63) is 243 Å². The summed E-state index contributed by atoms with van der Waals surface area (Å²) < 4.78 is 9.32. The Morgan fingerprint density at radius 2 is 0.691 bits per heavy atom. The minimum Gasteiger partial charge on any atom is -0.455 e. The molecule has 10 aromatic carbocycles. The maximum Gasteiger partial charge on any atom is 0.164 e. The molecule has 0 atom stereocenters. The Balaban J connectivity index is 0.944. The van der Waals surface area contributed by atoms with Gasteiger partial charge in [0.25, 0.3) is 0 Å². The highest BCUT2D eigenvalue weighted by molar-refractivity contribution is 6.13. The van der Waals surface area contributed by atoms with E-state index in [0.29, 0.717) is 17.5 Å². The molecule has 0 aliphatic carbocycles. The van der Waals surface area contributed by atoms with Crippen molar-refractivity contribution < 1.29 is 4.42 Å². The van der Waals surface area contributed by atoms with Crippen LogP contribution in [0.1, 0.15) is 0 Å². The number of rotatable bonds is 8. The van der Waals surface area contributed by atoms with Crippen molar-refractivity contribution in [1.82, 2.24) is 19.5 Å². The zero-order chi connectivity index (χ0) is 45.0. The van der Waals surface area contributed by atoms with Gasteiger partial charge in [0, 0.05) is 49.5 Å². The number of fused-ring (bicyclic) bond motifs is 6. The number of nitrogens with zero attached hydrogens (tertiary/aromatic N) is 4. The molecule has 0 spiro atoms. The van der Waals surface area contributed by atoms with Crippen molar-refractivity contribution >= 4 is 43.7 Å². The third kappa shape index (κ3) is 6.93. The van der Waals surface area contributed by atoms with Gasteiger partial charge < -0.3 is 8.98 Å². The van der Waals surface area contributed by atoms with Crippen LogP contribution in [0.4, 0.5) is 0 Å². The predicted octanol–water partition coefficient (Wildman–Crippen LogP) is 16.5. The molecule has 13 aromatic rings. The maximum atomic E-state index is 6.93. The summed E-state index contributed by atoms with van der Waals surface area (Å²) in [6.45, 7) is 0. The lowest BCUT2D eigenvalue weighted by atomic mass is 10.00. The van der Waals surface area contributed by atoms with Crippen LogP contribution in [0, 0.1) is 0 Å². The van der Waals surface area contributed by atoms with Crippen LogP contribution in [0.25, 0.3) is 128 Å². The lowest BCUT2D eigenvalue weighted by Crippen LogP contribution is -2.00. The molecule has 3 aromatic heterocycles. The standard InChI is InChI=1S/C63H40N4O/c1-5-16-41(17-6-1)44-22-13-24-48(36-44)61-64-62(49-25-14-23-45(37-49)42-18-7-2-8-19-42)66-63(65-61)50-32-35-55-56-29-15-28-52(60(56)68-59(55)40-50)47-31-34-54-53-33-30-46(43-20-9-3-10-21-43)38-57(53)67(58(54)39-47)51-26-11-4-12-27-51/h1-40H. The van der Waals surface area contributed by atoms with E-state index in [1.807, 2.05) is 12.1 Å². The molecule has 318 valence electrons. The Morgan fingerprint density at radius 3 is 1.25 bits per heavy atom. The minimum atomic E-state index is 0.567. The molecule has 0 saturated heterocycles. The molecule has 0 unspecified atom stereocenters. The highest BCUT2D eigenvalue weighted by atomic mass is 16.3. The van der Waals surface area contributed by atoms with Crippen LogP contribution in [-0.4, -0.2) is 19.5 Å². The van der Waals surface area contributed by atoms with Crippen LogP contribution in [0.2, 0.25) is 0 Å². The van der Waals surface area contributed by atoms with Crippen molar-refractivity contribution in [2.75, 3.05) is 0 Å². The first kappa shape index (κ1) is 39.2. The van der Waals surface area contributed by atoms with Crippen LogP contribution in [0.3, 0.4) is 0 Å². The summed E-state index contributed by atoms with van der Waals surface area (Å²) in [6.07, 6.45) is 0. The zero-order valence-electron chi connectivity index (χ0n) is 36.8. The largest absolute Gasteiger partial charge is 0.455 e. The second-order valence-electron chi connectivity index (χ2n) is 17.2. The normalized spacial score (nSPS) is 11.5. The van der Waals surface area contributed by atoms with E-state index in [1.165, 1.54) is 21.9 Å². The number of furan rings is 1. The molecule has 0 bridgehead atoms. The van der Waals surface area contributed by atoms with E-state index in [4.69, 9.17) is 19.4 Å². The molecule has 13 rings (SSSR count). The Kier molecular flexibility index (Phi) is 9.43. The van der Waals surface area contributed by atoms with Crippen LogP contribution >= 0.6 is 0 Å². The summed E-state index contributed by atoms with van der Waals surface area (Å²) >= 11 is 0. The van der Waals surface area contributed by atoms with E-state index < -0.39 is 0 Å². The summed E-state index contributed by atoms with van der Waals surface area (Å²) in [6, 6.07) is 85.2. The first-order valence-corrected chi connectivity index (χ1v) is 22.9. The van der Waals surface area contributed by atoms with Crippen molar-refractivity contribution in [3.8, 4) is 84.4 Å². The Hall–Kier alpha value is -9.19. The lowest BCUT2D eigenvalue weighted by Gasteiger charge is -2.10. The molecule has 0 fully saturated rings. The number of hydrogen-bond acceptors (Lipinski definition) is 4. The van der Waals surface area contributed by atoms with Gasteiger partial charge >= 0.3 is 0 Å². The van der Waals surface area contributed by atoms with Gasteiger partial charge in [0.2, 0.25) is 0 Å². The summed E-state index contributed by atoms with van der Waals surface area (Å²) in [5, 5.41) is 4.48. The first-order chi connectivity index (χ1) is 33.7. The molecular weight excluding hydrogens is 829 g/mol. The van der Waals surface area contributed by atoms with Crippen LogP contribution in [0.5, 0.6) is 0 Å². The topological polar surface area (TPSA) is 56.7 Å². The summed E-state index contributed by atoms with van der Waals surface area (Å²) in [5.41, 5.74) is 16.6. The molecule has 0 saturated carbocycles. The van der Waals surface area contributed by atoms with Crippen LogP contribution < -0.4 is 0 Å². The maximum absolute atomic E-state index is 6.93. The van der Waals surface area contributed by atoms with E-state index in [0.717, 1.165) is 88.7 Å². The second kappa shape index (κ2) is 16.4. The third-order valence-corrected chi connectivity index (χ3v) is 13.0. The van der Waals surface area contributed by atoms with Crippen molar-refractivity contribution in [1.29, 1.82) is 0 Å². The number of hydrogen-bond donors (Lipinski definition) is 0. The molecular formula is C63H40N4O. The molecule has 0 amide bonds. The molecule has 0 aliphatic rings. The van der Waals surface area contributed by atoms with E-state index in [9.17, 15) is 0 Å². The molecule has 0 radical (unpaired) electrons. The van der Waals surface area contributed by atoms with Crippen LogP contribution in [0.15, 0.2) is 247 Å². The SMILES string of the molecule is c1ccc(-c2cccc(-c3nc(-c4cccc(-c5ccccc5)c4)nc(-c4ccc5c(c4)oc4c(-c6ccc7c8ccc(-c9ccccc9)cc8n(-c8ccccc8)c7c6)cccc45)n3)c2)cc1. The van der Waals surface area contributed by atoms with E-state index in [1.54, 1.807) is 0 Å². The molecule has 5 nitrogen and oxygen atoms in total. The first-order valence-electron chi connectivity index (χ1n) is 22.9.